The van der Waals surface area contributed by atoms with Crippen molar-refractivity contribution in [3.63, 3.8) is 0 Å². The molecule has 1 rings (SSSR count). The molecule has 0 radical (unpaired) electrons. The molecule has 0 aromatic rings. The smallest absolute Gasteiger partial charge is 0.305 e. The number of carboxylic acid groups (broad SMARTS) is 1. The van der Waals surface area contributed by atoms with Gasteiger partial charge in [0.05, 0.1) is 12.0 Å². The van der Waals surface area contributed by atoms with Gasteiger partial charge >= 0.3 is 5.97 Å². The van der Waals surface area contributed by atoms with E-state index in [1.165, 1.54) is 0 Å². The van der Waals surface area contributed by atoms with Crippen LogP contribution in [0.2, 0.25) is 0 Å². The highest BCUT2D eigenvalue weighted by Gasteiger charge is 2.37. The first-order valence-corrected chi connectivity index (χ1v) is 6.25. The molecule has 0 aliphatic heterocycles. The van der Waals surface area contributed by atoms with Gasteiger partial charge in [0.2, 0.25) is 5.91 Å². The zero-order valence-electron chi connectivity index (χ0n) is 10.4. The van der Waals surface area contributed by atoms with E-state index >= 15 is 0 Å². The zero-order chi connectivity index (χ0) is 12.7. The predicted molar refractivity (Wildman–Crippen MR) is 64.8 cm³/mol. The highest BCUT2D eigenvalue weighted by molar-refractivity contribution is 5.78. The van der Waals surface area contributed by atoms with Gasteiger partial charge in [-0.05, 0) is 32.9 Å². The summed E-state index contributed by atoms with van der Waals surface area (Å²) in [4.78, 5) is 22.6. The monoisotopic (exact) mass is 242 g/mol. The quantitative estimate of drug-likeness (QED) is 0.579. The molecule has 17 heavy (non-hydrogen) atoms. The third-order valence-electron chi connectivity index (χ3n) is 3.29. The van der Waals surface area contributed by atoms with Crippen molar-refractivity contribution in [1.29, 1.82) is 0 Å². The fourth-order valence-corrected chi connectivity index (χ4v) is 2.47. The highest BCUT2D eigenvalue weighted by Crippen LogP contribution is 2.32. The molecule has 0 spiro atoms. The van der Waals surface area contributed by atoms with E-state index in [1.54, 1.807) is 0 Å². The van der Waals surface area contributed by atoms with E-state index in [1.807, 2.05) is 7.05 Å². The van der Waals surface area contributed by atoms with Crippen LogP contribution in [0.15, 0.2) is 0 Å². The first-order chi connectivity index (χ1) is 8.08. The number of carboxylic acids is 1. The molecule has 5 nitrogen and oxygen atoms in total. The summed E-state index contributed by atoms with van der Waals surface area (Å²) in [6.45, 7) is 0.805. The summed E-state index contributed by atoms with van der Waals surface area (Å²) in [5.74, 6) is -0.856. The molecule has 3 N–H and O–H groups in total. The second-order valence-electron chi connectivity index (χ2n) is 4.81. The minimum absolute atomic E-state index is 0.0246. The van der Waals surface area contributed by atoms with Crippen LogP contribution in [0.3, 0.4) is 0 Å². The van der Waals surface area contributed by atoms with E-state index in [4.69, 9.17) is 5.11 Å². The summed E-state index contributed by atoms with van der Waals surface area (Å²) in [7, 11) is 1.85. The van der Waals surface area contributed by atoms with E-state index in [9.17, 15) is 9.59 Å². The van der Waals surface area contributed by atoms with Gasteiger partial charge < -0.3 is 15.7 Å². The molecule has 1 fully saturated rings. The molecule has 0 aromatic carbocycles. The van der Waals surface area contributed by atoms with Crippen LogP contribution in [0.25, 0.3) is 0 Å². The minimum atomic E-state index is -0.831. The standard InChI is InChI=1S/C12H22N2O3/c1-13-8-4-5-10(15)14-12(9-11(16)17)6-2-3-7-12/h13H,2-9H2,1H3,(H,14,15)(H,16,17). The molecular formula is C12H22N2O3. The summed E-state index contributed by atoms with van der Waals surface area (Å²) < 4.78 is 0. The molecule has 98 valence electrons. The molecule has 1 amide bonds. The lowest BCUT2D eigenvalue weighted by Gasteiger charge is -2.28. The van der Waals surface area contributed by atoms with Gasteiger partial charge in [0.25, 0.3) is 0 Å². The topological polar surface area (TPSA) is 78.4 Å². The number of nitrogens with one attached hydrogen (secondary N) is 2. The minimum Gasteiger partial charge on any atom is -0.481 e. The molecule has 0 saturated heterocycles. The summed E-state index contributed by atoms with van der Waals surface area (Å²) in [6.07, 6.45) is 4.88. The highest BCUT2D eigenvalue weighted by atomic mass is 16.4. The van der Waals surface area contributed by atoms with Gasteiger partial charge in [0.1, 0.15) is 0 Å². The summed E-state index contributed by atoms with van der Waals surface area (Å²) in [5.41, 5.74) is -0.484. The Hall–Kier alpha value is -1.10. The van der Waals surface area contributed by atoms with Gasteiger partial charge in [0.15, 0.2) is 0 Å². The van der Waals surface area contributed by atoms with Crippen molar-refractivity contribution in [2.75, 3.05) is 13.6 Å². The van der Waals surface area contributed by atoms with E-state index in [0.717, 1.165) is 38.6 Å². The third kappa shape index (κ3) is 4.73. The van der Waals surface area contributed by atoms with Crippen molar-refractivity contribution in [1.82, 2.24) is 10.6 Å². The summed E-state index contributed by atoms with van der Waals surface area (Å²) >= 11 is 0. The number of carbonyl (C=O) groups is 2. The lowest BCUT2D eigenvalue weighted by Crippen LogP contribution is -2.47. The van der Waals surface area contributed by atoms with E-state index in [-0.39, 0.29) is 12.3 Å². The second-order valence-corrected chi connectivity index (χ2v) is 4.81. The third-order valence-corrected chi connectivity index (χ3v) is 3.29. The molecule has 5 heteroatoms. The van der Waals surface area contributed by atoms with Crippen molar-refractivity contribution in [2.24, 2.45) is 0 Å². The van der Waals surface area contributed by atoms with Crippen molar-refractivity contribution >= 4 is 11.9 Å². The number of hydrogen-bond acceptors (Lipinski definition) is 3. The van der Waals surface area contributed by atoms with Gasteiger partial charge in [-0.15, -0.1) is 0 Å². The molecule has 1 saturated carbocycles. The SMILES string of the molecule is CNCCCC(=O)NC1(CC(=O)O)CCCC1. The van der Waals surface area contributed by atoms with Gasteiger partial charge in [-0.3, -0.25) is 9.59 Å². The number of hydrogen-bond donors (Lipinski definition) is 3. The van der Waals surface area contributed by atoms with E-state index in [0.29, 0.717) is 6.42 Å². The number of carbonyl (C=O) groups excluding carboxylic acids is 1. The van der Waals surface area contributed by atoms with E-state index in [2.05, 4.69) is 10.6 Å². The van der Waals surface area contributed by atoms with Crippen molar-refractivity contribution in [3.05, 3.63) is 0 Å². The summed E-state index contributed by atoms with van der Waals surface area (Å²) in [5, 5.41) is 14.8. The zero-order valence-corrected chi connectivity index (χ0v) is 10.4. The van der Waals surface area contributed by atoms with Crippen molar-refractivity contribution < 1.29 is 14.7 Å². The van der Waals surface area contributed by atoms with Crippen LogP contribution in [0, 0.1) is 0 Å². The molecule has 1 aliphatic rings. The van der Waals surface area contributed by atoms with Crippen LogP contribution < -0.4 is 10.6 Å². The largest absolute Gasteiger partial charge is 0.481 e. The van der Waals surface area contributed by atoms with Crippen LogP contribution in [0.5, 0.6) is 0 Å². The Bertz CT molecular complexity index is 273. The van der Waals surface area contributed by atoms with E-state index < -0.39 is 11.5 Å². The van der Waals surface area contributed by atoms with Crippen LogP contribution in [-0.4, -0.2) is 36.1 Å². The molecule has 0 aromatic heterocycles. The van der Waals surface area contributed by atoms with Crippen LogP contribution in [-0.2, 0) is 9.59 Å². The molecule has 1 aliphatic carbocycles. The van der Waals surface area contributed by atoms with Crippen LogP contribution >= 0.6 is 0 Å². The Morgan fingerprint density at radius 3 is 2.47 bits per heavy atom. The molecule has 0 heterocycles. The number of aliphatic carboxylic acids is 1. The first kappa shape index (κ1) is 14.0. The second kappa shape index (κ2) is 6.59. The average molecular weight is 242 g/mol. The Morgan fingerprint density at radius 2 is 1.94 bits per heavy atom. The Balaban J connectivity index is 2.43. The molecular weight excluding hydrogens is 220 g/mol. The molecule has 0 unspecified atom stereocenters. The Labute approximate surface area is 102 Å². The van der Waals surface area contributed by atoms with Crippen molar-refractivity contribution in [2.45, 2.75) is 50.5 Å². The number of amides is 1. The maximum atomic E-state index is 11.7. The van der Waals surface area contributed by atoms with Crippen LogP contribution in [0.1, 0.15) is 44.9 Å². The molecule has 0 bridgehead atoms. The fraction of sp³-hybridized carbons (Fsp3) is 0.833. The van der Waals surface area contributed by atoms with Gasteiger partial charge in [-0.2, -0.15) is 0 Å². The van der Waals surface area contributed by atoms with Gasteiger partial charge in [0, 0.05) is 6.42 Å². The lowest BCUT2D eigenvalue weighted by atomic mass is 9.93. The summed E-state index contributed by atoms with van der Waals surface area (Å²) in [6, 6.07) is 0. The average Bonchev–Trinajstić information content (AvgIpc) is 2.65. The van der Waals surface area contributed by atoms with Crippen LogP contribution in [0.4, 0.5) is 0 Å². The first-order valence-electron chi connectivity index (χ1n) is 6.25. The molecule has 0 atom stereocenters. The lowest BCUT2D eigenvalue weighted by molar-refractivity contribution is -0.139. The maximum absolute atomic E-state index is 11.7. The Kier molecular flexibility index (Phi) is 5.41. The predicted octanol–water partition coefficient (Wildman–Crippen LogP) is 0.890. The number of rotatable bonds is 7. The van der Waals surface area contributed by atoms with Gasteiger partial charge in [-0.1, -0.05) is 12.8 Å². The van der Waals surface area contributed by atoms with Crippen molar-refractivity contribution in [3.8, 4) is 0 Å². The fourth-order valence-electron chi connectivity index (χ4n) is 2.47. The Morgan fingerprint density at radius 1 is 1.29 bits per heavy atom. The normalized spacial score (nSPS) is 17.9. The van der Waals surface area contributed by atoms with Gasteiger partial charge in [-0.25, -0.2) is 0 Å². The maximum Gasteiger partial charge on any atom is 0.305 e.